The molecular formula is C19H31NO8. The van der Waals surface area contributed by atoms with Gasteiger partial charge in [-0.3, -0.25) is 0 Å². The van der Waals surface area contributed by atoms with Crippen molar-refractivity contribution >= 4 is 24.1 Å². The summed E-state index contributed by atoms with van der Waals surface area (Å²) >= 11 is 0. The van der Waals surface area contributed by atoms with E-state index in [4.69, 9.17) is 14.2 Å². The number of allylic oxidation sites excluding steroid dienone is 1. The van der Waals surface area contributed by atoms with Crippen LogP contribution in [0.2, 0.25) is 0 Å². The normalized spacial score (nSPS) is 12.9. The number of rotatable bonds is 6. The smallest absolute Gasteiger partial charge is 0.420 e. The van der Waals surface area contributed by atoms with E-state index in [1.165, 1.54) is 19.3 Å². The lowest BCUT2D eigenvalue weighted by Crippen LogP contribution is -2.52. The average molecular weight is 401 g/mol. The van der Waals surface area contributed by atoms with Gasteiger partial charge in [0, 0.05) is 6.08 Å². The number of amides is 2. The topological polar surface area (TPSA) is 108 Å². The van der Waals surface area contributed by atoms with Crippen molar-refractivity contribution in [3.63, 3.8) is 0 Å². The summed E-state index contributed by atoms with van der Waals surface area (Å²) in [4.78, 5) is 49.3. The molecule has 1 atom stereocenters. The molecule has 160 valence electrons. The number of carbonyl (C=O) groups is 4. The highest BCUT2D eigenvalue weighted by molar-refractivity contribution is 5.94. The SMILES string of the molecule is COC(=O)/C=C/CC[C@@H](C(=O)OC)N(C(=O)OC(C)(C)C)C(=O)OC(C)(C)C. The number of hydrogen-bond donors (Lipinski definition) is 0. The first-order chi connectivity index (χ1) is 12.7. The van der Waals surface area contributed by atoms with E-state index in [0.29, 0.717) is 4.90 Å². The number of imide groups is 1. The second kappa shape index (κ2) is 10.7. The van der Waals surface area contributed by atoms with Crippen LogP contribution < -0.4 is 0 Å². The van der Waals surface area contributed by atoms with Gasteiger partial charge in [0.15, 0.2) is 0 Å². The molecule has 0 aromatic heterocycles. The first-order valence-corrected chi connectivity index (χ1v) is 8.79. The van der Waals surface area contributed by atoms with Crippen LogP contribution in [0.3, 0.4) is 0 Å². The van der Waals surface area contributed by atoms with E-state index < -0.39 is 41.4 Å². The van der Waals surface area contributed by atoms with Crippen molar-refractivity contribution in [2.75, 3.05) is 14.2 Å². The van der Waals surface area contributed by atoms with Crippen LogP contribution in [-0.2, 0) is 28.5 Å². The highest BCUT2D eigenvalue weighted by Gasteiger charge is 2.40. The summed E-state index contributed by atoms with van der Waals surface area (Å²) in [6.45, 7) is 9.78. The lowest BCUT2D eigenvalue weighted by Gasteiger charge is -2.32. The van der Waals surface area contributed by atoms with Crippen molar-refractivity contribution in [3.05, 3.63) is 12.2 Å². The van der Waals surface area contributed by atoms with E-state index in [0.717, 1.165) is 7.11 Å². The van der Waals surface area contributed by atoms with E-state index in [2.05, 4.69) is 4.74 Å². The third-order valence-electron chi connectivity index (χ3n) is 3.03. The first-order valence-electron chi connectivity index (χ1n) is 8.79. The van der Waals surface area contributed by atoms with Gasteiger partial charge in [-0.2, -0.15) is 4.90 Å². The lowest BCUT2D eigenvalue weighted by molar-refractivity contribution is -0.146. The standard InChI is InChI=1S/C19H31NO8/c1-18(2,3)27-16(23)20(17(24)28-19(4,5)6)13(15(22)26-8)11-9-10-12-14(21)25-7/h10,12-13H,9,11H2,1-8H3/b12-10+/t13-/m0/s1. The average Bonchev–Trinajstić information content (AvgIpc) is 2.52. The molecule has 0 heterocycles. The summed E-state index contributed by atoms with van der Waals surface area (Å²) in [6, 6.07) is -1.29. The molecule has 0 aromatic rings. The maximum Gasteiger partial charge on any atom is 0.420 e. The van der Waals surface area contributed by atoms with Gasteiger partial charge in [0.05, 0.1) is 14.2 Å². The van der Waals surface area contributed by atoms with Crippen molar-refractivity contribution in [2.24, 2.45) is 0 Å². The third-order valence-corrected chi connectivity index (χ3v) is 3.03. The molecule has 2 amide bonds. The number of methoxy groups -OCH3 is 2. The summed E-state index contributed by atoms with van der Waals surface area (Å²) in [7, 11) is 2.37. The van der Waals surface area contributed by atoms with Gasteiger partial charge in [0.25, 0.3) is 0 Å². The largest absolute Gasteiger partial charge is 0.467 e. The quantitative estimate of drug-likeness (QED) is 0.379. The molecule has 0 fully saturated rings. The minimum atomic E-state index is -1.29. The summed E-state index contributed by atoms with van der Waals surface area (Å²) in [5.74, 6) is -1.38. The van der Waals surface area contributed by atoms with E-state index in [1.807, 2.05) is 0 Å². The molecule has 9 heteroatoms. The zero-order chi connectivity index (χ0) is 22.1. The fourth-order valence-corrected chi connectivity index (χ4v) is 1.94. The molecule has 0 bridgehead atoms. The van der Waals surface area contributed by atoms with Crippen LogP contribution in [0, 0.1) is 0 Å². The van der Waals surface area contributed by atoms with Gasteiger partial charge in [0.2, 0.25) is 0 Å². The molecule has 0 spiro atoms. The second-order valence-corrected chi connectivity index (χ2v) is 7.87. The molecule has 0 saturated carbocycles. The molecule has 0 rings (SSSR count). The number of esters is 2. The molecule has 0 radical (unpaired) electrons. The van der Waals surface area contributed by atoms with Crippen LogP contribution in [0.25, 0.3) is 0 Å². The highest BCUT2D eigenvalue weighted by atomic mass is 16.6. The first kappa shape index (κ1) is 25.4. The minimum Gasteiger partial charge on any atom is -0.467 e. The number of nitrogens with zero attached hydrogens (tertiary/aromatic N) is 1. The van der Waals surface area contributed by atoms with Crippen LogP contribution in [-0.4, -0.2) is 60.5 Å². The van der Waals surface area contributed by atoms with Gasteiger partial charge < -0.3 is 18.9 Å². The van der Waals surface area contributed by atoms with Crippen molar-refractivity contribution in [1.82, 2.24) is 4.90 Å². The molecule has 0 N–H and O–H groups in total. The maximum atomic E-state index is 12.6. The summed E-state index contributed by atoms with van der Waals surface area (Å²) in [5, 5.41) is 0. The molecule has 0 aliphatic heterocycles. The van der Waals surface area contributed by atoms with Gasteiger partial charge in [-0.05, 0) is 54.4 Å². The third kappa shape index (κ3) is 9.94. The Morgan fingerprint density at radius 3 is 1.68 bits per heavy atom. The van der Waals surface area contributed by atoms with Crippen LogP contribution in [0.5, 0.6) is 0 Å². The number of ether oxygens (including phenoxy) is 4. The van der Waals surface area contributed by atoms with Gasteiger partial charge >= 0.3 is 24.1 Å². The number of hydrogen-bond acceptors (Lipinski definition) is 8. The van der Waals surface area contributed by atoms with Gasteiger partial charge in [-0.25, -0.2) is 19.2 Å². The fraction of sp³-hybridized carbons (Fsp3) is 0.684. The van der Waals surface area contributed by atoms with Gasteiger partial charge in [-0.15, -0.1) is 0 Å². The van der Waals surface area contributed by atoms with Crippen molar-refractivity contribution in [2.45, 2.75) is 71.6 Å². The number of carbonyl (C=O) groups excluding carboxylic acids is 4. The van der Waals surface area contributed by atoms with Crippen LogP contribution in [0.15, 0.2) is 12.2 Å². The Kier molecular flexibility index (Phi) is 9.69. The van der Waals surface area contributed by atoms with E-state index >= 15 is 0 Å². The predicted molar refractivity (Wildman–Crippen MR) is 101 cm³/mol. The second-order valence-electron chi connectivity index (χ2n) is 7.87. The lowest BCUT2D eigenvalue weighted by atomic mass is 10.1. The predicted octanol–water partition coefficient (Wildman–Crippen LogP) is 3.21. The van der Waals surface area contributed by atoms with Crippen LogP contribution >= 0.6 is 0 Å². The Hall–Kier alpha value is -2.58. The molecule has 0 saturated heterocycles. The summed E-state index contributed by atoms with van der Waals surface area (Å²) < 4.78 is 19.7. The minimum absolute atomic E-state index is 0.00134. The molecular weight excluding hydrogens is 370 g/mol. The van der Waals surface area contributed by atoms with Crippen molar-refractivity contribution in [1.29, 1.82) is 0 Å². The molecule has 0 aromatic carbocycles. The Morgan fingerprint density at radius 2 is 1.32 bits per heavy atom. The van der Waals surface area contributed by atoms with Gasteiger partial charge in [0.1, 0.15) is 17.2 Å². The fourth-order valence-electron chi connectivity index (χ4n) is 1.94. The monoisotopic (exact) mass is 401 g/mol. The van der Waals surface area contributed by atoms with E-state index in [1.54, 1.807) is 41.5 Å². The van der Waals surface area contributed by atoms with Gasteiger partial charge in [-0.1, -0.05) is 6.08 Å². The van der Waals surface area contributed by atoms with E-state index in [9.17, 15) is 19.2 Å². The Morgan fingerprint density at radius 1 is 0.857 bits per heavy atom. The Labute approximate surface area is 165 Å². The summed E-state index contributed by atoms with van der Waals surface area (Å²) in [6.07, 6.45) is 0.766. The molecule has 0 aliphatic rings. The van der Waals surface area contributed by atoms with Crippen molar-refractivity contribution in [3.8, 4) is 0 Å². The van der Waals surface area contributed by atoms with Crippen LogP contribution in [0.1, 0.15) is 54.4 Å². The zero-order valence-electron chi connectivity index (χ0n) is 17.9. The molecule has 0 aliphatic carbocycles. The maximum absolute atomic E-state index is 12.6. The molecule has 28 heavy (non-hydrogen) atoms. The Balaban J connectivity index is 5.71. The zero-order valence-corrected chi connectivity index (χ0v) is 17.9. The summed E-state index contributed by atoms with van der Waals surface area (Å²) in [5.41, 5.74) is -1.80. The Bertz CT molecular complexity index is 570. The molecule has 0 unspecified atom stereocenters. The molecule has 9 nitrogen and oxygen atoms in total. The highest BCUT2D eigenvalue weighted by Crippen LogP contribution is 2.20. The van der Waals surface area contributed by atoms with Crippen molar-refractivity contribution < 1.29 is 38.1 Å². The van der Waals surface area contributed by atoms with Crippen LogP contribution in [0.4, 0.5) is 9.59 Å². The van der Waals surface area contributed by atoms with E-state index in [-0.39, 0.29) is 12.8 Å².